The standard InChI is InChI=1S/C12H19N3O2S/c1-4-15(7-9(3)11(13)14-17)12(16)10-8(2)5-6-18-10/h5-6,9,17H,4,7H2,1-3H3,(H2,13,14). The van der Waals surface area contributed by atoms with Crippen LogP contribution in [-0.2, 0) is 0 Å². The van der Waals surface area contributed by atoms with Gasteiger partial charge in [-0.1, -0.05) is 12.1 Å². The van der Waals surface area contributed by atoms with Crippen molar-refractivity contribution in [2.75, 3.05) is 13.1 Å². The van der Waals surface area contributed by atoms with E-state index in [9.17, 15) is 4.79 Å². The van der Waals surface area contributed by atoms with E-state index in [4.69, 9.17) is 10.9 Å². The van der Waals surface area contributed by atoms with Crippen molar-refractivity contribution in [1.82, 2.24) is 4.90 Å². The number of amidine groups is 1. The number of aryl methyl sites for hydroxylation is 1. The Bertz CT molecular complexity index is 442. The number of thiophene rings is 1. The maximum atomic E-state index is 12.3. The third-order valence-electron chi connectivity index (χ3n) is 2.84. The van der Waals surface area contributed by atoms with Gasteiger partial charge in [-0.3, -0.25) is 4.79 Å². The molecule has 1 atom stereocenters. The van der Waals surface area contributed by atoms with Crippen molar-refractivity contribution in [3.05, 3.63) is 21.9 Å². The van der Waals surface area contributed by atoms with Crippen LogP contribution in [0.1, 0.15) is 29.1 Å². The van der Waals surface area contributed by atoms with Crippen molar-refractivity contribution >= 4 is 23.1 Å². The van der Waals surface area contributed by atoms with Crippen LogP contribution in [0.2, 0.25) is 0 Å². The van der Waals surface area contributed by atoms with E-state index in [0.717, 1.165) is 10.4 Å². The van der Waals surface area contributed by atoms with Gasteiger partial charge < -0.3 is 15.8 Å². The predicted molar refractivity (Wildman–Crippen MR) is 73.2 cm³/mol. The SMILES string of the molecule is CCN(CC(C)C(N)=NO)C(=O)c1sccc1C. The first-order chi connectivity index (χ1) is 8.51. The molecule has 0 spiro atoms. The Balaban J connectivity index is 2.79. The summed E-state index contributed by atoms with van der Waals surface area (Å²) in [5.41, 5.74) is 6.52. The fraction of sp³-hybridized carbons (Fsp3) is 0.500. The lowest BCUT2D eigenvalue weighted by atomic mass is 10.1. The second-order valence-electron chi connectivity index (χ2n) is 4.20. The Morgan fingerprint density at radius 2 is 2.33 bits per heavy atom. The number of hydrogen-bond donors (Lipinski definition) is 2. The Hall–Kier alpha value is -1.56. The third-order valence-corrected chi connectivity index (χ3v) is 3.84. The molecule has 0 radical (unpaired) electrons. The molecule has 1 unspecified atom stereocenters. The first kappa shape index (κ1) is 14.5. The number of rotatable bonds is 5. The normalized spacial score (nSPS) is 13.4. The Morgan fingerprint density at radius 3 is 2.78 bits per heavy atom. The van der Waals surface area contributed by atoms with Crippen molar-refractivity contribution in [3.63, 3.8) is 0 Å². The van der Waals surface area contributed by atoms with Crippen LogP contribution in [0.25, 0.3) is 0 Å². The molecule has 100 valence electrons. The van der Waals surface area contributed by atoms with E-state index in [1.807, 2.05) is 32.2 Å². The lowest BCUT2D eigenvalue weighted by Gasteiger charge is -2.23. The van der Waals surface area contributed by atoms with Gasteiger partial charge >= 0.3 is 0 Å². The molecule has 1 rings (SSSR count). The summed E-state index contributed by atoms with van der Waals surface area (Å²) in [6.45, 7) is 6.71. The molecule has 6 heteroatoms. The minimum Gasteiger partial charge on any atom is -0.409 e. The van der Waals surface area contributed by atoms with Crippen molar-refractivity contribution in [2.45, 2.75) is 20.8 Å². The van der Waals surface area contributed by atoms with Gasteiger partial charge in [0.2, 0.25) is 0 Å². The van der Waals surface area contributed by atoms with Gasteiger partial charge in [-0.25, -0.2) is 0 Å². The molecule has 1 aromatic heterocycles. The Labute approximate surface area is 111 Å². The minimum absolute atomic E-state index is 0.00240. The monoisotopic (exact) mass is 269 g/mol. The molecular weight excluding hydrogens is 250 g/mol. The van der Waals surface area contributed by atoms with Crippen LogP contribution in [0.15, 0.2) is 16.6 Å². The number of oxime groups is 1. The zero-order chi connectivity index (χ0) is 13.7. The quantitative estimate of drug-likeness (QED) is 0.371. The number of amides is 1. The van der Waals surface area contributed by atoms with Gasteiger partial charge in [0.25, 0.3) is 5.91 Å². The van der Waals surface area contributed by atoms with Gasteiger partial charge in [-0.2, -0.15) is 0 Å². The number of carbonyl (C=O) groups excluding carboxylic acids is 1. The second-order valence-corrected chi connectivity index (χ2v) is 5.12. The van der Waals surface area contributed by atoms with E-state index in [1.165, 1.54) is 11.3 Å². The fourth-order valence-corrected chi connectivity index (χ4v) is 2.51. The van der Waals surface area contributed by atoms with Gasteiger partial charge in [-0.15, -0.1) is 11.3 Å². The molecule has 0 fully saturated rings. The zero-order valence-corrected chi connectivity index (χ0v) is 11.7. The van der Waals surface area contributed by atoms with Crippen LogP contribution in [0.3, 0.4) is 0 Å². The van der Waals surface area contributed by atoms with Crippen LogP contribution in [0.5, 0.6) is 0 Å². The molecule has 0 saturated carbocycles. The van der Waals surface area contributed by atoms with Crippen molar-refractivity contribution < 1.29 is 10.0 Å². The molecule has 1 aromatic rings. The molecule has 0 aliphatic heterocycles. The van der Waals surface area contributed by atoms with Gasteiger partial charge in [0.05, 0.1) is 4.88 Å². The summed E-state index contributed by atoms with van der Waals surface area (Å²) in [7, 11) is 0. The van der Waals surface area contributed by atoms with E-state index in [0.29, 0.717) is 13.1 Å². The van der Waals surface area contributed by atoms with Gasteiger partial charge in [0.1, 0.15) is 5.84 Å². The molecule has 0 aliphatic rings. The van der Waals surface area contributed by atoms with Crippen LogP contribution in [0.4, 0.5) is 0 Å². The summed E-state index contributed by atoms with van der Waals surface area (Å²) < 4.78 is 0. The van der Waals surface area contributed by atoms with E-state index in [1.54, 1.807) is 4.90 Å². The first-order valence-electron chi connectivity index (χ1n) is 5.82. The molecule has 3 N–H and O–H groups in total. The van der Waals surface area contributed by atoms with Crippen LogP contribution >= 0.6 is 11.3 Å². The highest BCUT2D eigenvalue weighted by atomic mass is 32.1. The summed E-state index contributed by atoms with van der Waals surface area (Å²) in [5, 5.41) is 13.5. The summed E-state index contributed by atoms with van der Waals surface area (Å²) in [5.74, 6) is -0.0223. The fourth-order valence-electron chi connectivity index (χ4n) is 1.61. The molecule has 5 nitrogen and oxygen atoms in total. The molecule has 18 heavy (non-hydrogen) atoms. The highest BCUT2D eigenvalue weighted by Gasteiger charge is 2.20. The molecule has 1 heterocycles. The van der Waals surface area contributed by atoms with E-state index >= 15 is 0 Å². The number of hydrogen-bond acceptors (Lipinski definition) is 4. The lowest BCUT2D eigenvalue weighted by molar-refractivity contribution is 0.0758. The maximum Gasteiger partial charge on any atom is 0.264 e. The predicted octanol–water partition coefficient (Wildman–Crippen LogP) is 1.90. The maximum absolute atomic E-state index is 12.3. The van der Waals surface area contributed by atoms with Crippen molar-refractivity contribution in [3.8, 4) is 0 Å². The highest BCUT2D eigenvalue weighted by Crippen LogP contribution is 2.18. The smallest absolute Gasteiger partial charge is 0.264 e. The second kappa shape index (κ2) is 6.39. The average molecular weight is 269 g/mol. The first-order valence-corrected chi connectivity index (χ1v) is 6.70. The summed E-state index contributed by atoms with van der Waals surface area (Å²) in [4.78, 5) is 14.8. The number of nitrogens with zero attached hydrogens (tertiary/aromatic N) is 2. The number of nitrogens with two attached hydrogens (primary N) is 1. The largest absolute Gasteiger partial charge is 0.409 e. The molecule has 1 amide bonds. The molecule has 0 saturated heterocycles. The summed E-state index contributed by atoms with van der Waals surface area (Å²) in [6, 6.07) is 1.93. The van der Waals surface area contributed by atoms with Crippen molar-refractivity contribution in [2.24, 2.45) is 16.8 Å². The lowest BCUT2D eigenvalue weighted by Crippen LogP contribution is -2.38. The molecule has 0 aliphatic carbocycles. The van der Waals surface area contributed by atoms with Crippen LogP contribution < -0.4 is 5.73 Å². The highest BCUT2D eigenvalue weighted by molar-refractivity contribution is 7.12. The third kappa shape index (κ3) is 3.22. The summed E-state index contributed by atoms with van der Waals surface area (Å²) in [6.07, 6.45) is 0. The van der Waals surface area contributed by atoms with E-state index < -0.39 is 0 Å². The van der Waals surface area contributed by atoms with Gasteiger partial charge in [0, 0.05) is 19.0 Å². The van der Waals surface area contributed by atoms with Gasteiger partial charge in [-0.05, 0) is 30.9 Å². The van der Waals surface area contributed by atoms with Crippen LogP contribution in [-0.4, -0.2) is 34.9 Å². The zero-order valence-electron chi connectivity index (χ0n) is 10.9. The van der Waals surface area contributed by atoms with Gasteiger partial charge in [0.15, 0.2) is 0 Å². The molecular formula is C12H19N3O2S. The van der Waals surface area contributed by atoms with E-state index in [2.05, 4.69) is 5.16 Å². The topological polar surface area (TPSA) is 78.9 Å². The molecule has 0 aromatic carbocycles. The minimum atomic E-state index is -0.167. The average Bonchev–Trinajstić information content (AvgIpc) is 2.79. The molecule has 0 bridgehead atoms. The van der Waals surface area contributed by atoms with E-state index in [-0.39, 0.29) is 17.7 Å². The Morgan fingerprint density at radius 1 is 1.67 bits per heavy atom. The van der Waals surface area contributed by atoms with Crippen molar-refractivity contribution in [1.29, 1.82) is 0 Å². The Kier molecular flexibility index (Phi) is 5.15. The summed E-state index contributed by atoms with van der Waals surface area (Å²) >= 11 is 1.44. The van der Waals surface area contributed by atoms with Crippen LogP contribution in [0, 0.1) is 12.8 Å². The number of carbonyl (C=O) groups is 1.